The maximum atomic E-state index is 12.1. The van der Waals surface area contributed by atoms with Gasteiger partial charge < -0.3 is 9.57 Å². The molecule has 4 amide bonds. The normalized spacial score (nSPS) is 15.7. The minimum atomic E-state index is -1.05. The van der Waals surface area contributed by atoms with E-state index in [9.17, 15) is 33.6 Å². The SMILES string of the molecule is O=C(CCC(=O)ON1C(=O)CCC1=O)OC(=O)c1cccc(N2C(=O)C=CC2=O)c1. The van der Waals surface area contributed by atoms with Gasteiger partial charge in [0.05, 0.1) is 24.1 Å². The van der Waals surface area contributed by atoms with Crippen LogP contribution in [0.25, 0.3) is 0 Å². The van der Waals surface area contributed by atoms with Crippen molar-refractivity contribution in [3.05, 3.63) is 42.0 Å². The fraction of sp³-hybridized carbons (Fsp3) is 0.211. The molecule has 154 valence electrons. The van der Waals surface area contributed by atoms with E-state index in [1.807, 2.05) is 0 Å². The van der Waals surface area contributed by atoms with E-state index in [4.69, 9.17) is 0 Å². The van der Waals surface area contributed by atoms with Crippen molar-refractivity contribution >= 4 is 47.2 Å². The summed E-state index contributed by atoms with van der Waals surface area (Å²) in [5.41, 5.74) is 0.0320. The summed E-state index contributed by atoms with van der Waals surface area (Å²) in [6.07, 6.45) is 0.983. The average Bonchev–Trinajstić information content (AvgIpc) is 3.21. The summed E-state index contributed by atoms with van der Waals surface area (Å²) < 4.78 is 4.63. The highest BCUT2D eigenvalue weighted by Crippen LogP contribution is 2.21. The van der Waals surface area contributed by atoms with Crippen LogP contribution in [0.2, 0.25) is 0 Å². The third-order valence-corrected chi connectivity index (χ3v) is 4.09. The third-order valence-electron chi connectivity index (χ3n) is 4.09. The first-order valence-corrected chi connectivity index (χ1v) is 8.74. The predicted molar refractivity (Wildman–Crippen MR) is 94.9 cm³/mol. The summed E-state index contributed by atoms with van der Waals surface area (Å²) in [5.74, 6) is -5.57. The Morgan fingerprint density at radius 3 is 2.10 bits per heavy atom. The van der Waals surface area contributed by atoms with Crippen molar-refractivity contribution in [3.63, 3.8) is 0 Å². The minimum absolute atomic E-state index is 0.0631. The zero-order valence-electron chi connectivity index (χ0n) is 15.4. The lowest BCUT2D eigenvalue weighted by molar-refractivity contribution is -0.197. The number of ether oxygens (including phenoxy) is 1. The van der Waals surface area contributed by atoms with Crippen LogP contribution < -0.4 is 4.90 Å². The molecule has 0 aliphatic carbocycles. The summed E-state index contributed by atoms with van der Waals surface area (Å²) in [7, 11) is 0. The van der Waals surface area contributed by atoms with Gasteiger partial charge in [0.25, 0.3) is 23.6 Å². The molecule has 0 unspecified atom stereocenters. The summed E-state index contributed by atoms with van der Waals surface area (Å²) in [6, 6.07) is 5.35. The molecule has 2 aliphatic rings. The highest BCUT2D eigenvalue weighted by Gasteiger charge is 2.33. The molecule has 0 saturated carbocycles. The van der Waals surface area contributed by atoms with Crippen molar-refractivity contribution in [1.82, 2.24) is 5.06 Å². The van der Waals surface area contributed by atoms with E-state index < -0.39 is 54.4 Å². The van der Waals surface area contributed by atoms with Gasteiger partial charge in [-0.15, -0.1) is 5.06 Å². The Hall–Kier alpha value is -4.15. The van der Waals surface area contributed by atoms with Gasteiger partial charge in [0.2, 0.25) is 0 Å². The van der Waals surface area contributed by atoms with E-state index >= 15 is 0 Å². The molecule has 11 nitrogen and oxygen atoms in total. The summed E-state index contributed by atoms with van der Waals surface area (Å²) in [5, 5.41) is 0.347. The Morgan fingerprint density at radius 1 is 0.867 bits per heavy atom. The fourth-order valence-corrected chi connectivity index (χ4v) is 2.65. The Balaban J connectivity index is 1.53. The van der Waals surface area contributed by atoms with Crippen LogP contribution in [0.1, 0.15) is 36.0 Å². The van der Waals surface area contributed by atoms with Gasteiger partial charge in [-0.3, -0.25) is 24.0 Å². The lowest BCUT2D eigenvalue weighted by Gasteiger charge is -2.14. The van der Waals surface area contributed by atoms with Gasteiger partial charge in [0.15, 0.2) is 0 Å². The number of esters is 2. The minimum Gasteiger partial charge on any atom is -0.389 e. The molecule has 0 spiro atoms. The largest absolute Gasteiger partial charge is 0.389 e. The van der Waals surface area contributed by atoms with Crippen molar-refractivity contribution < 1.29 is 43.1 Å². The van der Waals surface area contributed by atoms with E-state index in [1.54, 1.807) is 0 Å². The van der Waals surface area contributed by atoms with E-state index in [-0.39, 0.29) is 24.1 Å². The van der Waals surface area contributed by atoms with Crippen LogP contribution in [-0.2, 0) is 38.3 Å². The van der Waals surface area contributed by atoms with Crippen LogP contribution in [0.15, 0.2) is 36.4 Å². The highest BCUT2D eigenvalue weighted by atomic mass is 16.7. The van der Waals surface area contributed by atoms with E-state index in [0.29, 0.717) is 5.06 Å². The summed E-state index contributed by atoms with van der Waals surface area (Å²) in [4.78, 5) is 87.2. The number of carbonyl (C=O) groups is 7. The van der Waals surface area contributed by atoms with Crippen molar-refractivity contribution in [2.24, 2.45) is 0 Å². The maximum absolute atomic E-state index is 12.1. The fourth-order valence-electron chi connectivity index (χ4n) is 2.65. The standard InChI is InChI=1S/C19H14N2O9/c22-13-4-5-14(23)20(13)12-3-1-2-11(10-12)19(28)29-17(26)8-9-18(27)30-21-15(24)6-7-16(21)25/h1-5,10H,6-9H2. The van der Waals surface area contributed by atoms with Crippen LogP contribution >= 0.6 is 0 Å². The maximum Gasteiger partial charge on any atom is 0.345 e. The van der Waals surface area contributed by atoms with Crippen LogP contribution in [0, 0.1) is 0 Å². The lowest BCUT2D eigenvalue weighted by Crippen LogP contribution is -2.32. The molecule has 0 radical (unpaired) electrons. The van der Waals surface area contributed by atoms with Crippen LogP contribution in [-0.4, -0.2) is 46.6 Å². The number of amides is 4. The number of hydroxylamine groups is 2. The smallest absolute Gasteiger partial charge is 0.345 e. The molecular weight excluding hydrogens is 400 g/mol. The second-order valence-electron chi connectivity index (χ2n) is 6.20. The van der Waals surface area contributed by atoms with E-state index in [0.717, 1.165) is 17.1 Å². The molecule has 2 heterocycles. The summed E-state index contributed by atoms with van der Waals surface area (Å²) >= 11 is 0. The third kappa shape index (κ3) is 4.46. The average molecular weight is 414 g/mol. The van der Waals surface area contributed by atoms with Crippen molar-refractivity contribution in [2.45, 2.75) is 25.7 Å². The van der Waals surface area contributed by atoms with E-state index in [1.165, 1.54) is 24.3 Å². The zero-order chi connectivity index (χ0) is 21.8. The molecule has 0 aromatic heterocycles. The molecule has 0 N–H and O–H groups in total. The molecule has 11 heteroatoms. The summed E-state index contributed by atoms with van der Waals surface area (Å²) in [6.45, 7) is 0. The number of nitrogens with zero attached hydrogens (tertiary/aromatic N) is 2. The highest BCUT2D eigenvalue weighted by molar-refractivity contribution is 6.28. The van der Waals surface area contributed by atoms with Crippen LogP contribution in [0.3, 0.4) is 0 Å². The lowest BCUT2D eigenvalue weighted by atomic mass is 10.2. The molecular formula is C19H14N2O9. The Bertz CT molecular complexity index is 977. The molecule has 1 aromatic rings. The second-order valence-corrected chi connectivity index (χ2v) is 6.20. The topological polar surface area (TPSA) is 144 Å². The second kappa shape index (κ2) is 8.47. The van der Waals surface area contributed by atoms with Gasteiger partial charge in [-0.2, -0.15) is 0 Å². The van der Waals surface area contributed by atoms with Crippen molar-refractivity contribution in [1.29, 1.82) is 0 Å². The predicted octanol–water partition coefficient (Wildman–Crippen LogP) is 0.187. The number of hydrogen-bond acceptors (Lipinski definition) is 9. The molecule has 1 fully saturated rings. The number of imide groups is 2. The quantitative estimate of drug-likeness (QED) is 0.362. The Labute approximate surface area is 168 Å². The number of carbonyl (C=O) groups excluding carboxylic acids is 7. The van der Waals surface area contributed by atoms with Crippen LogP contribution in [0.4, 0.5) is 5.69 Å². The van der Waals surface area contributed by atoms with E-state index in [2.05, 4.69) is 9.57 Å². The molecule has 0 bridgehead atoms. The molecule has 1 aromatic carbocycles. The molecule has 30 heavy (non-hydrogen) atoms. The first-order valence-electron chi connectivity index (χ1n) is 8.74. The van der Waals surface area contributed by atoms with Crippen LogP contribution in [0.5, 0.6) is 0 Å². The number of rotatable bonds is 6. The molecule has 1 saturated heterocycles. The Morgan fingerprint density at radius 2 is 1.47 bits per heavy atom. The van der Waals surface area contributed by atoms with Gasteiger partial charge in [-0.1, -0.05) is 6.07 Å². The first kappa shape index (κ1) is 20.6. The zero-order valence-corrected chi connectivity index (χ0v) is 15.4. The van der Waals surface area contributed by atoms with Crippen molar-refractivity contribution in [2.75, 3.05) is 4.90 Å². The monoisotopic (exact) mass is 414 g/mol. The molecule has 3 rings (SSSR count). The van der Waals surface area contributed by atoms with Gasteiger partial charge in [-0.05, 0) is 18.2 Å². The van der Waals surface area contributed by atoms with Gasteiger partial charge in [0, 0.05) is 25.0 Å². The first-order chi connectivity index (χ1) is 14.3. The van der Waals surface area contributed by atoms with Crippen molar-refractivity contribution in [3.8, 4) is 0 Å². The number of benzene rings is 1. The number of hydrogen-bond donors (Lipinski definition) is 0. The van der Waals surface area contributed by atoms with Gasteiger partial charge in [0.1, 0.15) is 0 Å². The van der Waals surface area contributed by atoms with Gasteiger partial charge in [-0.25, -0.2) is 14.5 Å². The number of anilines is 1. The molecule has 2 aliphatic heterocycles. The molecule has 0 atom stereocenters. The van der Waals surface area contributed by atoms with Gasteiger partial charge >= 0.3 is 17.9 Å². The Kier molecular flexibility index (Phi) is 5.81.